The van der Waals surface area contributed by atoms with Gasteiger partial charge in [0.05, 0.1) is 16.4 Å². The summed E-state index contributed by atoms with van der Waals surface area (Å²) in [6.45, 7) is 11.3. The summed E-state index contributed by atoms with van der Waals surface area (Å²) in [5.41, 5.74) is 1.96. The van der Waals surface area contributed by atoms with E-state index in [0.29, 0.717) is 35.7 Å². The third-order valence-corrected chi connectivity index (χ3v) is 6.73. The monoisotopic (exact) mass is 609 g/mol. The molecule has 0 aliphatic carbocycles. The largest absolute Gasteiger partial charge is 0.507 e. The number of phenols is 1. The van der Waals surface area contributed by atoms with Gasteiger partial charge in [-0.1, -0.05) is 64.4 Å². The van der Waals surface area contributed by atoms with Gasteiger partial charge < -0.3 is 20.1 Å². The fourth-order valence-electron chi connectivity index (χ4n) is 4.33. The van der Waals surface area contributed by atoms with E-state index < -0.39 is 6.10 Å². The van der Waals surface area contributed by atoms with Crippen LogP contribution in [0, 0.1) is 0 Å². The molecule has 40 heavy (non-hydrogen) atoms. The first kappa shape index (κ1) is 30.9. The van der Waals surface area contributed by atoms with Gasteiger partial charge in [-0.2, -0.15) is 9.61 Å². The van der Waals surface area contributed by atoms with Crippen molar-refractivity contribution in [2.24, 2.45) is 0 Å². The number of amides is 1. The summed E-state index contributed by atoms with van der Waals surface area (Å²) in [6, 6.07) is 18.6. The molecular formula is C31H40BrN5O3. The zero-order valence-corrected chi connectivity index (χ0v) is 25.6. The fourth-order valence-corrected chi connectivity index (χ4v) is 4.68. The van der Waals surface area contributed by atoms with Crippen molar-refractivity contribution < 1.29 is 14.6 Å². The maximum Gasteiger partial charge on any atom is 0.263 e. The molecule has 0 radical (unpaired) electrons. The van der Waals surface area contributed by atoms with E-state index in [0.717, 1.165) is 23.1 Å². The minimum atomic E-state index is -0.538. The molecule has 2 N–H and O–H groups in total. The van der Waals surface area contributed by atoms with E-state index >= 15 is 0 Å². The molecule has 5 rings (SSSR count). The van der Waals surface area contributed by atoms with Crippen LogP contribution in [0.5, 0.6) is 11.5 Å². The van der Waals surface area contributed by atoms with Crippen LogP contribution in [0.25, 0.3) is 16.9 Å². The molecule has 8 nitrogen and oxygen atoms in total. The number of piperidine rings is 1. The molecule has 1 saturated heterocycles. The van der Waals surface area contributed by atoms with Gasteiger partial charge in [-0.05, 0) is 60.0 Å². The van der Waals surface area contributed by atoms with E-state index in [1.807, 2.05) is 67.3 Å². The maximum absolute atomic E-state index is 12.9. The molecule has 2 aromatic carbocycles. The fraction of sp³-hybridized carbons (Fsp3) is 0.387. The Morgan fingerprint density at radius 1 is 1.10 bits per heavy atom. The lowest BCUT2D eigenvalue weighted by Gasteiger charge is -2.34. The number of aromatic hydroxyl groups is 1. The number of aromatic nitrogens is 3. The van der Waals surface area contributed by atoms with Crippen molar-refractivity contribution in [3.8, 4) is 22.8 Å². The second-order valence-corrected chi connectivity index (χ2v) is 10.2. The highest BCUT2D eigenvalue weighted by Gasteiger charge is 2.27. The molecule has 1 aliphatic rings. The normalized spacial score (nSPS) is 13.9. The van der Waals surface area contributed by atoms with Crippen molar-refractivity contribution in [1.29, 1.82) is 0 Å². The Balaban J connectivity index is 0.000000827. The first-order valence-electron chi connectivity index (χ1n) is 14.0. The highest BCUT2D eigenvalue weighted by Crippen LogP contribution is 2.31. The number of para-hydroxylation sites is 2. The first-order chi connectivity index (χ1) is 19.4. The number of carbonyl (C=O) groups is 1. The van der Waals surface area contributed by atoms with Gasteiger partial charge in [-0.15, -0.1) is 0 Å². The molecule has 2 aromatic heterocycles. The number of nitrogens with one attached hydrogen (secondary N) is 1. The first-order valence-corrected chi connectivity index (χ1v) is 14.8. The summed E-state index contributed by atoms with van der Waals surface area (Å²) in [5.74, 6) is 1.64. The van der Waals surface area contributed by atoms with Crippen LogP contribution in [0.4, 0.5) is 5.82 Å². The van der Waals surface area contributed by atoms with E-state index in [-0.39, 0.29) is 17.7 Å². The standard InChI is InChI=1S/C26H26BrN5O3.C3H8.C2H6/c1-17(35-19-7-3-2-4-8-19)26(34)31-13-11-18(12-14-31)29-24-15-22(20-9-5-6-10-23(20)33)30-25-21(27)16-28-32(24)25;1-3-2;1-2/h2-10,15-18,29,33H,11-14H2,1H3;3H2,1-2H3;1-2H3. The molecule has 1 atom stereocenters. The Kier molecular flexibility index (Phi) is 11.8. The molecule has 1 fully saturated rings. The number of benzene rings is 2. The number of ether oxygens (including phenoxy) is 1. The lowest BCUT2D eigenvalue weighted by atomic mass is 10.0. The predicted octanol–water partition coefficient (Wildman–Crippen LogP) is 7.18. The number of fused-ring (bicyclic) bond motifs is 1. The molecule has 3 heterocycles. The molecule has 0 spiro atoms. The number of hydrogen-bond acceptors (Lipinski definition) is 6. The van der Waals surface area contributed by atoms with E-state index in [4.69, 9.17) is 9.72 Å². The van der Waals surface area contributed by atoms with Gasteiger partial charge in [0.25, 0.3) is 5.91 Å². The number of rotatable bonds is 6. The van der Waals surface area contributed by atoms with Crippen LogP contribution in [-0.4, -0.2) is 55.7 Å². The molecule has 0 saturated carbocycles. The highest BCUT2D eigenvalue weighted by molar-refractivity contribution is 9.10. The second-order valence-electron chi connectivity index (χ2n) is 9.30. The Bertz CT molecular complexity index is 1350. The lowest BCUT2D eigenvalue weighted by Crippen LogP contribution is -2.47. The number of nitrogens with zero attached hydrogens (tertiary/aromatic N) is 4. The van der Waals surface area contributed by atoms with Gasteiger partial charge in [0.15, 0.2) is 11.8 Å². The van der Waals surface area contributed by atoms with Crippen molar-refractivity contribution >= 4 is 33.3 Å². The molecule has 1 unspecified atom stereocenters. The van der Waals surface area contributed by atoms with Gasteiger partial charge in [-0.25, -0.2) is 4.98 Å². The van der Waals surface area contributed by atoms with E-state index in [9.17, 15) is 9.90 Å². The van der Waals surface area contributed by atoms with Crippen molar-refractivity contribution in [3.05, 3.63) is 71.3 Å². The second kappa shape index (κ2) is 15.3. The van der Waals surface area contributed by atoms with Crippen LogP contribution < -0.4 is 10.1 Å². The summed E-state index contributed by atoms with van der Waals surface area (Å²) in [7, 11) is 0. The Labute approximate surface area is 245 Å². The van der Waals surface area contributed by atoms with Crippen molar-refractivity contribution in [3.63, 3.8) is 0 Å². The Morgan fingerprint density at radius 3 is 2.38 bits per heavy atom. The number of phenolic OH excluding ortho intramolecular Hbond substituents is 1. The third kappa shape index (κ3) is 7.75. The molecule has 1 aliphatic heterocycles. The average molecular weight is 611 g/mol. The molecule has 4 aromatic rings. The molecule has 1 amide bonds. The van der Waals surface area contributed by atoms with Gasteiger partial charge >= 0.3 is 0 Å². The van der Waals surface area contributed by atoms with Crippen molar-refractivity contribution in [2.45, 2.75) is 66.0 Å². The summed E-state index contributed by atoms with van der Waals surface area (Å²) < 4.78 is 8.34. The smallest absolute Gasteiger partial charge is 0.263 e. The Hall–Kier alpha value is -3.59. The van der Waals surface area contributed by atoms with Gasteiger partial charge in [0, 0.05) is 30.8 Å². The van der Waals surface area contributed by atoms with Crippen LogP contribution >= 0.6 is 15.9 Å². The van der Waals surface area contributed by atoms with E-state index in [1.165, 1.54) is 6.42 Å². The van der Waals surface area contributed by atoms with Crippen LogP contribution in [0.1, 0.15) is 53.9 Å². The van der Waals surface area contributed by atoms with Crippen LogP contribution in [-0.2, 0) is 4.79 Å². The van der Waals surface area contributed by atoms with Crippen LogP contribution in [0.2, 0.25) is 0 Å². The minimum absolute atomic E-state index is 0.00329. The molecule has 0 bridgehead atoms. The quantitative estimate of drug-likeness (QED) is 0.240. The lowest BCUT2D eigenvalue weighted by molar-refractivity contribution is -0.138. The molecule has 9 heteroatoms. The maximum atomic E-state index is 12.9. The summed E-state index contributed by atoms with van der Waals surface area (Å²) in [4.78, 5) is 19.5. The van der Waals surface area contributed by atoms with Crippen molar-refractivity contribution in [2.75, 3.05) is 18.4 Å². The highest BCUT2D eigenvalue weighted by atomic mass is 79.9. The van der Waals surface area contributed by atoms with Crippen LogP contribution in [0.3, 0.4) is 0 Å². The van der Waals surface area contributed by atoms with Gasteiger partial charge in [0.1, 0.15) is 17.3 Å². The molecular weight excluding hydrogens is 570 g/mol. The number of carbonyl (C=O) groups excluding carboxylic acids is 1. The number of anilines is 1. The van der Waals surface area contributed by atoms with E-state index in [2.05, 4.69) is 40.2 Å². The SMILES string of the molecule is CC.CC(Oc1ccccc1)C(=O)N1CCC(Nc2cc(-c3ccccc3O)nc3c(Br)cnn23)CC1.CCC. The number of hydrogen-bond donors (Lipinski definition) is 2. The Morgan fingerprint density at radius 2 is 1.73 bits per heavy atom. The van der Waals surface area contributed by atoms with Gasteiger partial charge in [0.2, 0.25) is 0 Å². The summed E-state index contributed by atoms with van der Waals surface area (Å²) in [5, 5.41) is 18.4. The van der Waals surface area contributed by atoms with E-state index in [1.54, 1.807) is 29.8 Å². The van der Waals surface area contributed by atoms with Crippen LogP contribution in [0.15, 0.2) is 71.3 Å². The predicted molar refractivity (Wildman–Crippen MR) is 165 cm³/mol. The third-order valence-electron chi connectivity index (χ3n) is 6.17. The number of halogens is 1. The minimum Gasteiger partial charge on any atom is -0.507 e. The molecule has 214 valence electrons. The zero-order valence-electron chi connectivity index (χ0n) is 24.0. The topological polar surface area (TPSA) is 92.0 Å². The zero-order chi connectivity index (χ0) is 29.1. The number of likely N-dealkylation sites (tertiary alicyclic amines) is 1. The van der Waals surface area contributed by atoms with Gasteiger partial charge in [-0.3, -0.25) is 4.79 Å². The average Bonchev–Trinajstić information content (AvgIpc) is 3.36. The summed E-state index contributed by atoms with van der Waals surface area (Å²) in [6.07, 6.45) is 4.01. The summed E-state index contributed by atoms with van der Waals surface area (Å²) >= 11 is 3.52. The van der Waals surface area contributed by atoms with Crippen molar-refractivity contribution in [1.82, 2.24) is 19.5 Å².